The van der Waals surface area contributed by atoms with E-state index in [0.717, 1.165) is 17.9 Å². The topological polar surface area (TPSA) is 37.9 Å². The van der Waals surface area contributed by atoms with Crippen LogP contribution in [0.15, 0.2) is 97.3 Å². The van der Waals surface area contributed by atoms with Crippen molar-refractivity contribution in [3.63, 3.8) is 0 Å². The summed E-state index contributed by atoms with van der Waals surface area (Å²) in [6.07, 6.45) is 3.88. The molecule has 4 heteroatoms. The summed E-state index contributed by atoms with van der Waals surface area (Å²) in [6, 6.07) is 27.9. The zero-order valence-corrected chi connectivity index (χ0v) is 15.7. The molecule has 28 heavy (non-hydrogen) atoms. The number of hydrogen-bond donors (Lipinski definition) is 1. The highest BCUT2D eigenvalue weighted by Crippen LogP contribution is 2.17. The SMILES string of the molecule is Cc1ccc(-c2n(NC(=O)c3ccccc3)cc[n+]2Cc2ccccc2)cc1. The highest BCUT2D eigenvalue weighted by Gasteiger charge is 2.22. The fourth-order valence-electron chi connectivity index (χ4n) is 3.20. The summed E-state index contributed by atoms with van der Waals surface area (Å²) >= 11 is 0. The Balaban J connectivity index is 1.71. The summed E-state index contributed by atoms with van der Waals surface area (Å²) in [6.45, 7) is 2.79. The van der Waals surface area contributed by atoms with Crippen LogP contribution in [-0.4, -0.2) is 10.6 Å². The normalized spacial score (nSPS) is 10.6. The number of hydrogen-bond acceptors (Lipinski definition) is 1. The van der Waals surface area contributed by atoms with Gasteiger partial charge in [0.25, 0.3) is 5.91 Å². The summed E-state index contributed by atoms with van der Waals surface area (Å²) in [4.78, 5) is 12.7. The van der Waals surface area contributed by atoms with Crippen molar-refractivity contribution in [1.29, 1.82) is 0 Å². The summed E-state index contributed by atoms with van der Waals surface area (Å²) in [5.41, 5.74) is 7.07. The first kappa shape index (κ1) is 17.7. The summed E-state index contributed by atoms with van der Waals surface area (Å²) < 4.78 is 3.94. The first-order valence-electron chi connectivity index (χ1n) is 9.29. The lowest BCUT2D eigenvalue weighted by molar-refractivity contribution is -0.676. The van der Waals surface area contributed by atoms with Crippen molar-refractivity contribution >= 4 is 5.91 Å². The van der Waals surface area contributed by atoms with Crippen molar-refractivity contribution in [1.82, 2.24) is 4.68 Å². The number of nitrogens with one attached hydrogen (secondary N) is 1. The van der Waals surface area contributed by atoms with Gasteiger partial charge in [0, 0.05) is 5.56 Å². The maximum atomic E-state index is 12.7. The third-order valence-corrected chi connectivity index (χ3v) is 4.66. The Morgan fingerprint density at radius 2 is 1.54 bits per heavy atom. The third kappa shape index (κ3) is 3.86. The zero-order valence-electron chi connectivity index (χ0n) is 15.7. The molecule has 4 nitrogen and oxygen atoms in total. The second-order valence-electron chi connectivity index (χ2n) is 6.78. The largest absolute Gasteiger partial charge is 0.312 e. The number of benzene rings is 3. The van der Waals surface area contributed by atoms with Gasteiger partial charge in [-0.2, -0.15) is 5.43 Å². The van der Waals surface area contributed by atoms with Crippen LogP contribution in [0.2, 0.25) is 0 Å². The van der Waals surface area contributed by atoms with Gasteiger partial charge in [-0.3, -0.25) is 4.79 Å². The first-order chi connectivity index (χ1) is 13.7. The fraction of sp³-hybridized carbons (Fsp3) is 0.0833. The third-order valence-electron chi connectivity index (χ3n) is 4.66. The maximum absolute atomic E-state index is 12.7. The van der Waals surface area contributed by atoms with E-state index in [1.807, 2.05) is 60.9 Å². The van der Waals surface area contributed by atoms with E-state index in [1.54, 1.807) is 4.68 Å². The van der Waals surface area contributed by atoms with Crippen LogP contribution in [0.4, 0.5) is 0 Å². The van der Waals surface area contributed by atoms with Crippen molar-refractivity contribution < 1.29 is 9.36 Å². The summed E-state index contributed by atoms with van der Waals surface area (Å²) in [5.74, 6) is 0.782. The van der Waals surface area contributed by atoms with E-state index in [9.17, 15) is 4.79 Å². The quantitative estimate of drug-likeness (QED) is 0.527. The Bertz CT molecular complexity index is 1070. The van der Waals surface area contributed by atoms with Crippen molar-refractivity contribution in [2.45, 2.75) is 13.5 Å². The van der Waals surface area contributed by atoms with Gasteiger partial charge in [0.15, 0.2) is 6.20 Å². The molecule has 0 aliphatic heterocycles. The molecule has 3 aromatic carbocycles. The fourth-order valence-corrected chi connectivity index (χ4v) is 3.20. The maximum Gasteiger partial charge on any atom is 0.312 e. The lowest BCUT2D eigenvalue weighted by atomic mass is 10.1. The second-order valence-corrected chi connectivity index (χ2v) is 6.78. The summed E-state index contributed by atoms with van der Waals surface area (Å²) in [5, 5.41) is 0. The minimum absolute atomic E-state index is 0.142. The highest BCUT2D eigenvalue weighted by molar-refractivity contribution is 6.00. The lowest BCUT2D eigenvalue weighted by Gasteiger charge is -2.07. The molecule has 0 atom stereocenters. The smallest absolute Gasteiger partial charge is 0.266 e. The molecule has 0 unspecified atom stereocenters. The molecule has 138 valence electrons. The average Bonchev–Trinajstić information content (AvgIpc) is 3.12. The number of imidazole rings is 1. The number of aryl methyl sites for hydroxylation is 1. The number of amides is 1. The number of rotatable bonds is 5. The van der Waals surface area contributed by atoms with Crippen LogP contribution >= 0.6 is 0 Å². The molecule has 4 rings (SSSR count). The molecule has 0 bridgehead atoms. The highest BCUT2D eigenvalue weighted by atomic mass is 16.2. The zero-order chi connectivity index (χ0) is 19.3. The van der Waals surface area contributed by atoms with Gasteiger partial charge in [-0.25, -0.2) is 4.57 Å². The standard InChI is InChI=1S/C24H21N3O/c1-19-12-14-22(15-13-19)24-26(18-20-8-4-2-5-9-20)16-17-27(24)25-23(28)21-10-6-3-7-11-21/h2-17H,18H2,1H3/p+1. The Morgan fingerprint density at radius 1 is 0.893 bits per heavy atom. The van der Waals surface area contributed by atoms with Crippen molar-refractivity contribution in [2.24, 2.45) is 0 Å². The predicted molar refractivity (Wildman–Crippen MR) is 110 cm³/mol. The van der Waals surface area contributed by atoms with Crippen molar-refractivity contribution in [2.75, 3.05) is 5.43 Å². The Morgan fingerprint density at radius 3 is 2.21 bits per heavy atom. The molecule has 1 amide bonds. The van der Waals surface area contributed by atoms with Gasteiger partial charge in [0.05, 0.1) is 5.56 Å². The van der Waals surface area contributed by atoms with E-state index in [0.29, 0.717) is 5.56 Å². The monoisotopic (exact) mass is 368 g/mol. The van der Waals surface area contributed by atoms with Crippen LogP contribution in [-0.2, 0) is 6.54 Å². The molecule has 0 saturated carbocycles. The molecular weight excluding hydrogens is 346 g/mol. The van der Waals surface area contributed by atoms with Crippen molar-refractivity contribution in [3.8, 4) is 11.4 Å². The Hall–Kier alpha value is -3.66. The van der Waals surface area contributed by atoms with Gasteiger partial charge in [-0.1, -0.05) is 66.2 Å². The van der Waals surface area contributed by atoms with E-state index in [-0.39, 0.29) is 5.91 Å². The van der Waals surface area contributed by atoms with E-state index in [2.05, 4.69) is 53.3 Å². The number of aromatic nitrogens is 2. The second kappa shape index (κ2) is 7.92. The van der Waals surface area contributed by atoms with E-state index >= 15 is 0 Å². The minimum atomic E-state index is -0.142. The molecule has 0 aliphatic carbocycles. The van der Waals surface area contributed by atoms with Crippen LogP contribution in [0.25, 0.3) is 11.4 Å². The number of carbonyl (C=O) groups excluding carboxylic acids is 1. The molecule has 0 fully saturated rings. The molecule has 1 heterocycles. The van der Waals surface area contributed by atoms with E-state index < -0.39 is 0 Å². The van der Waals surface area contributed by atoms with Crippen LogP contribution in [0.3, 0.4) is 0 Å². The van der Waals surface area contributed by atoms with Gasteiger partial charge < -0.3 is 0 Å². The van der Waals surface area contributed by atoms with E-state index in [4.69, 9.17) is 0 Å². The Kier molecular flexibility index (Phi) is 5.02. The number of nitrogens with zero attached hydrogens (tertiary/aromatic N) is 2. The molecule has 1 aromatic heterocycles. The van der Waals surface area contributed by atoms with Gasteiger partial charge >= 0.3 is 5.82 Å². The lowest BCUT2D eigenvalue weighted by Crippen LogP contribution is -2.37. The van der Waals surface area contributed by atoms with E-state index in [1.165, 1.54) is 11.1 Å². The predicted octanol–water partition coefficient (Wildman–Crippen LogP) is 4.18. The van der Waals surface area contributed by atoms with Crippen LogP contribution in [0.1, 0.15) is 21.5 Å². The van der Waals surface area contributed by atoms with Crippen LogP contribution in [0.5, 0.6) is 0 Å². The van der Waals surface area contributed by atoms with Crippen LogP contribution < -0.4 is 9.99 Å². The van der Waals surface area contributed by atoms with Gasteiger partial charge in [-0.05, 0) is 36.8 Å². The van der Waals surface area contributed by atoms with Crippen molar-refractivity contribution in [3.05, 3.63) is 114 Å². The summed E-state index contributed by atoms with van der Waals surface area (Å²) in [7, 11) is 0. The Labute approximate surface area is 164 Å². The molecule has 1 N–H and O–H groups in total. The van der Waals surface area contributed by atoms with Gasteiger partial charge in [0.1, 0.15) is 12.7 Å². The van der Waals surface area contributed by atoms with Gasteiger partial charge in [0.2, 0.25) is 0 Å². The molecular formula is C24H22N3O+. The average molecular weight is 368 g/mol. The molecule has 0 spiro atoms. The first-order valence-corrected chi connectivity index (χ1v) is 9.29. The van der Waals surface area contributed by atoms with Crippen LogP contribution in [0, 0.1) is 6.92 Å². The van der Waals surface area contributed by atoms with Gasteiger partial charge in [-0.15, -0.1) is 4.68 Å². The molecule has 4 aromatic rings. The molecule has 0 saturated heterocycles. The minimum Gasteiger partial charge on any atom is -0.266 e. The number of carbonyl (C=O) groups is 1. The molecule has 0 aliphatic rings. The molecule has 0 radical (unpaired) electrons.